The third kappa shape index (κ3) is 3.02. The van der Waals surface area contributed by atoms with Gasteiger partial charge in [-0.25, -0.2) is 0 Å². The molecule has 2 atom stereocenters. The van der Waals surface area contributed by atoms with Gasteiger partial charge in [0.2, 0.25) is 5.91 Å². The average Bonchev–Trinajstić information content (AvgIpc) is 3.08. The van der Waals surface area contributed by atoms with E-state index in [2.05, 4.69) is 23.8 Å². The van der Waals surface area contributed by atoms with Gasteiger partial charge in [-0.05, 0) is 19.5 Å². The van der Waals surface area contributed by atoms with Gasteiger partial charge in [-0.3, -0.25) is 14.4 Å². The number of likely N-dealkylation sites (tertiary alicyclic amines) is 1. The fraction of sp³-hybridized carbons (Fsp3) is 0.714. The average molecular weight is 279 g/mol. The van der Waals surface area contributed by atoms with Crippen molar-refractivity contribution < 1.29 is 4.79 Å². The van der Waals surface area contributed by atoms with Gasteiger partial charge >= 0.3 is 0 Å². The number of likely N-dealkylation sites (N-methyl/N-ethyl adjacent to an activating group) is 1. The van der Waals surface area contributed by atoms with Crippen LogP contribution in [0.15, 0.2) is 12.4 Å². The Labute approximate surface area is 120 Å². The third-order valence-electron chi connectivity index (χ3n) is 4.15. The molecule has 1 saturated heterocycles. The lowest BCUT2D eigenvalue weighted by Crippen LogP contribution is -2.41. The van der Waals surface area contributed by atoms with Crippen molar-refractivity contribution in [2.24, 2.45) is 12.8 Å². The summed E-state index contributed by atoms with van der Waals surface area (Å²) >= 11 is 0. The maximum absolute atomic E-state index is 12.4. The summed E-state index contributed by atoms with van der Waals surface area (Å²) in [4.78, 5) is 16.7. The molecule has 0 aromatic carbocycles. The molecule has 2 rings (SSSR count). The molecule has 1 amide bonds. The van der Waals surface area contributed by atoms with Crippen LogP contribution in [0.5, 0.6) is 0 Å². The SMILES string of the molecule is CCN(CC)C1CCN(C(=O)C(N)c2cnn(C)c2)C1. The highest BCUT2D eigenvalue weighted by Crippen LogP contribution is 2.20. The van der Waals surface area contributed by atoms with E-state index >= 15 is 0 Å². The predicted molar refractivity (Wildman–Crippen MR) is 78.0 cm³/mol. The first-order valence-corrected chi connectivity index (χ1v) is 7.33. The molecule has 1 aromatic heterocycles. The minimum Gasteiger partial charge on any atom is -0.339 e. The van der Waals surface area contributed by atoms with E-state index in [-0.39, 0.29) is 5.91 Å². The number of hydrogen-bond donors (Lipinski definition) is 1. The Hall–Kier alpha value is -1.40. The Kier molecular flexibility index (Phi) is 4.77. The van der Waals surface area contributed by atoms with Crippen molar-refractivity contribution in [3.8, 4) is 0 Å². The van der Waals surface area contributed by atoms with E-state index in [1.54, 1.807) is 17.1 Å². The zero-order valence-electron chi connectivity index (χ0n) is 12.6. The third-order valence-corrected chi connectivity index (χ3v) is 4.15. The van der Waals surface area contributed by atoms with Crippen molar-refractivity contribution in [1.29, 1.82) is 0 Å². The van der Waals surface area contributed by atoms with Crippen LogP contribution < -0.4 is 5.73 Å². The molecule has 1 fully saturated rings. The van der Waals surface area contributed by atoms with Crippen LogP contribution in [-0.4, -0.2) is 57.7 Å². The van der Waals surface area contributed by atoms with Gasteiger partial charge in [0.25, 0.3) is 0 Å². The molecule has 0 radical (unpaired) electrons. The van der Waals surface area contributed by atoms with E-state index in [0.717, 1.165) is 38.2 Å². The van der Waals surface area contributed by atoms with Crippen LogP contribution in [0, 0.1) is 0 Å². The number of hydrogen-bond acceptors (Lipinski definition) is 4. The summed E-state index contributed by atoms with van der Waals surface area (Å²) in [6.07, 6.45) is 4.51. The van der Waals surface area contributed by atoms with Gasteiger partial charge in [-0.1, -0.05) is 13.8 Å². The summed E-state index contributed by atoms with van der Waals surface area (Å²) in [5, 5.41) is 4.07. The Morgan fingerprint density at radius 2 is 2.25 bits per heavy atom. The number of nitrogens with two attached hydrogens (primary N) is 1. The number of rotatable bonds is 5. The molecule has 2 unspecified atom stereocenters. The number of amides is 1. The molecule has 0 saturated carbocycles. The quantitative estimate of drug-likeness (QED) is 0.845. The number of carbonyl (C=O) groups is 1. The van der Waals surface area contributed by atoms with Gasteiger partial charge in [0.15, 0.2) is 0 Å². The van der Waals surface area contributed by atoms with Crippen LogP contribution in [0.1, 0.15) is 31.9 Å². The Morgan fingerprint density at radius 1 is 1.55 bits per heavy atom. The smallest absolute Gasteiger partial charge is 0.244 e. The molecular formula is C14H25N5O. The van der Waals surface area contributed by atoms with Crippen LogP contribution >= 0.6 is 0 Å². The van der Waals surface area contributed by atoms with E-state index in [0.29, 0.717) is 6.04 Å². The van der Waals surface area contributed by atoms with Gasteiger partial charge in [0.1, 0.15) is 6.04 Å². The fourth-order valence-electron chi connectivity index (χ4n) is 2.92. The number of aryl methyl sites for hydroxylation is 1. The lowest BCUT2D eigenvalue weighted by atomic mass is 10.1. The van der Waals surface area contributed by atoms with Crippen LogP contribution in [-0.2, 0) is 11.8 Å². The molecule has 1 aliphatic rings. The van der Waals surface area contributed by atoms with Crippen LogP contribution in [0.25, 0.3) is 0 Å². The van der Waals surface area contributed by atoms with E-state index in [1.165, 1.54) is 0 Å². The van der Waals surface area contributed by atoms with Gasteiger partial charge in [-0.15, -0.1) is 0 Å². The first-order chi connectivity index (χ1) is 9.56. The van der Waals surface area contributed by atoms with E-state index in [1.807, 2.05) is 11.9 Å². The largest absolute Gasteiger partial charge is 0.339 e. The zero-order valence-corrected chi connectivity index (χ0v) is 12.6. The molecule has 1 aliphatic heterocycles. The second-order valence-electron chi connectivity index (χ2n) is 5.37. The molecule has 112 valence electrons. The van der Waals surface area contributed by atoms with E-state index in [4.69, 9.17) is 5.73 Å². The highest BCUT2D eigenvalue weighted by molar-refractivity contribution is 5.83. The molecule has 2 heterocycles. The second-order valence-corrected chi connectivity index (χ2v) is 5.37. The lowest BCUT2D eigenvalue weighted by Gasteiger charge is -2.26. The van der Waals surface area contributed by atoms with E-state index in [9.17, 15) is 4.79 Å². The van der Waals surface area contributed by atoms with Crippen LogP contribution in [0.3, 0.4) is 0 Å². The fourth-order valence-corrected chi connectivity index (χ4v) is 2.92. The minimum atomic E-state index is -0.598. The van der Waals surface area contributed by atoms with Crippen molar-refractivity contribution >= 4 is 5.91 Å². The maximum atomic E-state index is 12.4. The van der Waals surface area contributed by atoms with Crippen molar-refractivity contribution in [2.45, 2.75) is 32.4 Å². The van der Waals surface area contributed by atoms with Gasteiger partial charge in [-0.2, -0.15) is 5.10 Å². The summed E-state index contributed by atoms with van der Waals surface area (Å²) in [6.45, 7) is 7.96. The first kappa shape index (κ1) is 15.0. The van der Waals surface area contributed by atoms with Crippen LogP contribution in [0.2, 0.25) is 0 Å². The van der Waals surface area contributed by atoms with Crippen molar-refractivity contribution in [3.63, 3.8) is 0 Å². The molecule has 6 nitrogen and oxygen atoms in total. The molecule has 20 heavy (non-hydrogen) atoms. The Balaban J connectivity index is 1.97. The van der Waals surface area contributed by atoms with Crippen molar-refractivity contribution in [3.05, 3.63) is 18.0 Å². The minimum absolute atomic E-state index is 0.00709. The predicted octanol–water partition coefficient (Wildman–Crippen LogP) is 0.363. The second kappa shape index (κ2) is 6.37. The monoisotopic (exact) mass is 279 g/mol. The lowest BCUT2D eigenvalue weighted by molar-refractivity contribution is -0.131. The van der Waals surface area contributed by atoms with Crippen molar-refractivity contribution in [2.75, 3.05) is 26.2 Å². The summed E-state index contributed by atoms with van der Waals surface area (Å²) in [7, 11) is 1.83. The number of nitrogens with zero attached hydrogens (tertiary/aromatic N) is 4. The molecule has 0 bridgehead atoms. The van der Waals surface area contributed by atoms with Crippen molar-refractivity contribution in [1.82, 2.24) is 19.6 Å². The summed E-state index contributed by atoms with van der Waals surface area (Å²) < 4.78 is 1.67. The highest BCUT2D eigenvalue weighted by Gasteiger charge is 2.32. The molecule has 2 N–H and O–H groups in total. The van der Waals surface area contributed by atoms with Gasteiger partial charge in [0, 0.05) is 37.9 Å². The zero-order chi connectivity index (χ0) is 14.7. The molecule has 1 aromatic rings. The molecule has 0 spiro atoms. The number of carbonyl (C=O) groups excluding carboxylic acids is 1. The highest BCUT2D eigenvalue weighted by atomic mass is 16.2. The summed E-state index contributed by atoms with van der Waals surface area (Å²) in [6, 6.07) is -0.130. The van der Waals surface area contributed by atoms with Gasteiger partial charge < -0.3 is 10.6 Å². The van der Waals surface area contributed by atoms with Gasteiger partial charge in [0.05, 0.1) is 6.20 Å². The number of aromatic nitrogens is 2. The summed E-state index contributed by atoms with van der Waals surface area (Å²) in [5.41, 5.74) is 6.84. The van der Waals surface area contributed by atoms with Crippen LogP contribution in [0.4, 0.5) is 0 Å². The van der Waals surface area contributed by atoms with E-state index < -0.39 is 6.04 Å². The maximum Gasteiger partial charge on any atom is 0.244 e. The Bertz CT molecular complexity index is 454. The first-order valence-electron chi connectivity index (χ1n) is 7.33. The standard InChI is InChI=1S/C14H25N5O/c1-4-18(5-2)12-6-7-19(10-12)14(20)13(15)11-8-16-17(3)9-11/h8-9,12-13H,4-7,10,15H2,1-3H3. The normalized spacial score (nSPS) is 20.6. The molecule has 6 heteroatoms. The summed E-state index contributed by atoms with van der Waals surface area (Å²) in [5.74, 6) is 0.00709. The molecular weight excluding hydrogens is 254 g/mol. The Morgan fingerprint density at radius 3 is 2.80 bits per heavy atom. The molecule has 0 aliphatic carbocycles. The topological polar surface area (TPSA) is 67.4 Å².